The SMILES string of the molecule is C#Cc1ccccc1C(C(=O)NC(C)CCC)N(CC=C)C(=O)C(NC(=O)OC(C)(C)C)C(C)CC. The number of alkyl carbamates (subject to hydrolysis) is 1. The van der Waals surface area contributed by atoms with E-state index in [0.29, 0.717) is 17.5 Å². The minimum Gasteiger partial charge on any atom is -0.444 e. The second kappa shape index (κ2) is 14.3. The fourth-order valence-electron chi connectivity index (χ4n) is 3.90. The lowest BCUT2D eigenvalue weighted by atomic mass is 9.94. The number of nitrogens with one attached hydrogen (secondary N) is 2. The molecule has 0 radical (unpaired) electrons. The van der Waals surface area contributed by atoms with Gasteiger partial charge in [-0.05, 0) is 51.7 Å². The third kappa shape index (κ3) is 9.07. The molecule has 1 aromatic carbocycles. The van der Waals surface area contributed by atoms with E-state index >= 15 is 0 Å². The Kier molecular flexibility index (Phi) is 12.2. The average Bonchev–Trinajstić information content (AvgIpc) is 2.80. The van der Waals surface area contributed by atoms with Gasteiger partial charge in [0, 0.05) is 18.2 Å². The summed E-state index contributed by atoms with van der Waals surface area (Å²) >= 11 is 0. The first kappa shape index (κ1) is 30.8. The lowest BCUT2D eigenvalue weighted by Gasteiger charge is -2.36. The zero-order chi connectivity index (χ0) is 27.5. The van der Waals surface area contributed by atoms with Crippen LogP contribution in [0.25, 0.3) is 0 Å². The molecule has 0 saturated heterocycles. The van der Waals surface area contributed by atoms with Crippen LogP contribution in [0, 0.1) is 18.3 Å². The molecule has 0 aliphatic heterocycles. The largest absolute Gasteiger partial charge is 0.444 e. The van der Waals surface area contributed by atoms with E-state index in [-0.39, 0.29) is 24.4 Å². The molecule has 4 atom stereocenters. The Hall–Kier alpha value is -3.27. The molecule has 2 N–H and O–H groups in total. The van der Waals surface area contributed by atoms with E-state index in [0.717, 1.165) is 12.8 Å². The average molecular weight is 498 g/mol. The van der Waals surface area contributed by atoms with Crippen LogP contribution < -0.4 is 10.6 Å². The molecule has 0 aromatic heterocycles. The van der Waals surface area contributed by atoms with E-state index in [9.17, 15) is 14.4 Å². The summed E-state index contributed by atoms with van der Waals surface area (Å²) in [5.41, 5.74) is 0.330. The molecule has 3 amide bonds. The maximum absolute atomic E-state index is 14.0. The van der Waals surface area contributed by atoms with Gasteiger partial charge in [0.05, 0.1) is 0 Å². The van der Waals surface area contributed by atoms with Crippen LogP contribution in [0.1, 0.15) is 84.9 Å². The fraction of sp³-hybridized carbons (Fsp3) is 0.552. The predicted molar refractivity (Wildman–Crippen MR) is 144 cm³/mol. The first-order valence-corrected chi connectivity index (χ1v) is 12.7. The highest BCUT2D eigenvalue weighted by molar-refractivity contribution is 5.93. The normalized spacial score (nSPS) is 14.4. The number of carbonyl (C=O) groups is 3. The molecule has 7 nitrogen and oxygen atoms in total. The quantitative estimate of drug-likeness (QED) is 0.315. The standard InChI is InChI=1S/C29H43N3O4/c1-10-16-21(6)30-26(33)25(23-18-15-14-17-22(23)13-4)32(19-11-2)27(34)24(20(5)12-3)31-28(35)36-29(7,8)9/h4,11,14-15,17-18,20-21,24-25H,2,10,12,16,19H2,1,3,5-9H3,(H,30,33)(H,31,35). The summed E-state index contributed by atoms with van der Waals surface area (Å²) in [7, 11) is 0. The van der Waals surface area contributed by atoms with Gasteiger partial charge in [0.25, 0.3) is 0 Å². The monoisotopic (exact) mass is 497 g/mol. The van der Waals surface area contributed by atoms with Crippen molar-refractivity contribution in [3.63, 3.8) is 0 Å². The van der Waals surface area contributed by atoms with Crippen LogP contribution >= 0.6 is 0 Å². The predicted octanol–water partition coefficient (Wildman–Crippen LogP) is 4.97. The van der Waals surface area contributed by atoms with Gasteiger partial charge < -0.3 is 20.3 Å². The summed E-state index contributed by atoms with van der Waals surface area (Å²) in [5, 5.41) is 5.77. The van der Waals surface area contributed by atoms with Gasteiger partial charge in [0.2, 0.25) is 11.8 Å². The molecule has 7 heteroatoms. The number of terminal acetylenes is 1. The van der Waals surface area contributed by atoms with E-state index in [4.69, 9.17) is 11.2 Å². The Morgan fingerprint density at radius 1 is 1.17 bits per heavy atom. The Morgan fingerprint density at radius 3 is 2.33 bits per heavy atom. The molecule has 0 spiro atoms. The number of benzene rings is 1. The van der Waals surface area contributed by atoms with Crippen molar-refractivity contribution in [2.45, 2.75) is 91.5 Å². The van der Waals surface area contributed by atoms with Gasteiger partial charge in [0.1, 0.15) is 17.7 Å². The summed E-state index contributed by atoms with van der Waals surface area (Å²) in [4.78, 5) is 41.8. The highest BCUT2D eigenvalue weighted by atomic mass is 16.6. The van der Waals surface area contributed by atoms with Gasteiger partial charge in [-0.3, -0.25) is 9.59 Å². The zero-order valence-electron chi connectivity index (χ0n) is 22.9. The molecule has 1 rings (SSSR count). The topological polar surface area (TPSA) is 87.7 Å². The van der Waals surface area contributed by atoms with Crippen molar-refractivity contribution in [3.8, 4) is 12.3 Å². The third-order valence-electron chi connectivity index (χ3n) is 5.84. The molecule has 36 heavy (non-hydrogen) atoms. The van der Waals surface area contributed by atoms with Crippen molar-refractivity contribution in [1.82, 2.24) is 15.5 Å². The van der Waals surface area contributed by atoms with Crippen LogP contribution in [0.15, 0.2) is 36.9 Å². The zero-order valence-corrected chi connectivity index (χ0v) is 22.9. The Bertz CT molecular complexity index is 945. The lowest BCUT2D eigenvalue weighted by Crippen LogP contribution is -2.55. The van der Waals surface area contributed by atoms with Crippen molar-refractivity contribution >= 4 is 17.9 Å². The van der Waals surface area contributed by atoms with Crippen LogP contribution in [0.3, 0.4) is 0 Å². The third-order valence-corrected chi connectivity index (χ3v) is 5.84. The van der Waals surface area contributed by atoms with Crippen molar-refractivity contribution in [1.29, 1.82) is 0 Å². The Balaban J connectivity index is 3.56. The smallest absolute Gasteiger partial charge is 0.408 e. The Labute approximate surface area is 217 Å². The minimum absolute atomic E-state index is 0.0842. The van der Waals surface area contributed by atoms with Gasteiger partial charge >= 0.3 is 6.09 Å². The van der Waals surface area contributed by atoms with Gasteiger partial charge in [-0.25, -0.2) is 4.79 Å². The summed E-state index contributed by atoms with van der Waals surface area (Å²) in [6.07, 6.45) is 8.95. The van der Waals surface area contributed by atoms with Gasteiger partial charge in [-0.2, -0.15) is 0 Å². The van der Waals surface area contributed by atoms with Crippen LogP contribution in [0.2, 0.25) is 0 Å². The number of hydrogen-bond donors (Lipinski definition) is 2. The minimum atomic E-state index is -1.01. The van der Waals surface area contributed by atoms with E-state index < -0.39 is 29.7 Å². The van der Waals surface area contributed by atoms with Crippen molar-refractivity contribution < 1.29 is 19.1 Å². The molecule has 0 fully saturated rings. The molecule has 1 aromatic rings. The van der Waals surface area contributed by atoms with E-state index in [1.807, 2.05) is 27.7 Å². The first-order chi connectivity index (χ1) is 16.9. The van der Waals surface area contributed by atoms with Gasteiger partial charge in [-0.15, -0.1) is 13.0 Å². The number of hydrogen-bond acceptors (Lipinski definition) is 4. The molecule has 0 bridgehead atoms. The van der Waals surface area contributed by atoms with Crippen LogP contribution in [0.5, 0.6) is 0 Å². The van der Waals surface area contributed by atoms with E-state index in [1.165, 1.54) is 4.90 Å². The molecule has 198 valence electrons. The second-order valence-corrected chi connectivity index (χ2v) is 10.1. The number of ether oxygens (including phenoxy) is 1. The number of rotatable bonds is 12. The highest BCUT2D eigenvalue weighted by Crippen LogP contribution is 2.27. The van der Waals surface area contributed by atoms with Gasteiger partial charge in [0.15, 0.2) is 0 Å². The molecule has 0 aliphatic carbocycles. The first-order valence-electron chi connectivity index (χ1n) is 12.7. The maximum Gasteiger partial charge on any atom is 0.408 e. The highest BCUT2D eigenvalue weighted by Gasteiger charge is 2.38. The lowest BCUT2D eigenvalue weighted by molar-refractivity contribution is -0.143. The molecule has 0 heterocycles. The maximum atomic E-state index is 14.0. The number of carbonyl (C=O) groups excluding carboxylic acids is 3. The van der Waals surface area contributed by atoms with Crippen LogP contribution in [0.4, 0.5) is 4.79 Å². The summed E-state index contributed by atoms with van der Waals surface area (Å²) in [6, 6.07) is 5.07. The molecule has 0 saturated carbocycles. The van der Waals surface area contributed by atoms with E-state index in [1.54, 1.807) is 51.1 Å². The van der Waals surface area contributed by atoms with Crippen LogP contribution in [-0.2, 0) is 14.3 Å². The molecular formula is C29H43N3O4. The van der Waals surface area contributed by atoms with Crippen molar-refractivity contribution in [2.24, 2.45) is 5.92 Å². The Morgan fingerprint density at radius 2 is 1.81 bits per heavy atom. The van der Waals surface area contributed by atoms with Crippen molar-refractivity contribution in [3.05, 3.63) is 48.0 Å². The van der Waals surface area contributed by atoms with E-state index in [2.05, 4.69) is 23.1 Å². The summed E-state index contributed by atoms with van der Waals surface area (Å²) in [5.74, 6) is 1.66. The summed E-state index contributed by atoms with van der Waals surface area (Å²) in [6.45, 7) is 16.9. The number of nitrogens with zero attached hydrogens (tertiary/aromatic N) is 1. The molecule has 4 unspecified atom stereocenters. The number of amides is 3. The van der Waals surface area contributed by atoms with Gasteiger partial charge in [-0.1, -0.05) is 63.8 Å². The summed E-state index contributed by atoms with van der Waals surface area (Å²) < 4.78 is 5.41. The second-order valence-electron chi connectivity index (χ2n) is 10.1. The molecule has 0 aliphatic rings. The van der Waals surface area contributed by atoms with Crippen molar-refractivity contribution in [2.75, 3.05) is 6.54 Å². The molecular weight excluding hydrogens is 454 g/mol. The fourth-order valence-corrected chi connectivity index (χ4v) is 3.90. The van der Waals surface area contributed by atoms with Crippen LogP contribution in [-0.4, -0.2) is 47.0 Å².